The highest BCUT2D eigenvalue weighted by Gasteiger charge is 2.22. The summed E-state index contributed by atoms with van der Waals surface area (Å²) in [5, 5.41) is 3.04. The van der Waals surface area contributed by atoms with Crippen molar-refractivity contribution in [2.24, 2.45) is 0 Å². The third kappa shape index (κ3) is 2.79. The fraction of sp³-hybridized carbons (Fsp3) is 0.333. The summed E-state index contributed by atoms with van der Waals surface area (Å²) in [6.45, 7) is 0.572. The molecular formula is C18H18N2OS2. The van der Waals surface area contributed by atoms with E-state index in [1.807, 2.05) is 30.6 Å². The number of hydrogen-bond donors (Lipinski definition) is 0. The Morgan fingerprint density at radius 1 is 1.26 bits per heavy atom. The Morgan fingerprint density at radius 3 is 2.96 bits per heavy atom. The summed E-state index contributed by atoms with van der Waals surface area (Å²) in [6, 6.07) is 8.12. The maximum absolute atomic E-state index is 12.8. The number of carbonyl (C=O) groups excluding carboxylic acids is 1. The highest BCUT2D eigenvalue weighted by molar-refractivity contribution is 7.18. The number of thiophene rings is 1. The van der Waals surface area contributed by atoms with Gasteiger partial charge in [-0.1, -0.05) is 12.1 Å². The Hall–Kier alpha value is -1.72. The topological polar surface area (TPSA) is 33.2 Å². The summed E-state index contributed by atoms with van der Waals surface area (Å²) in [5.74, 6) is 0.128. The van der Waals surface area contributed by atoms with Gasteiger partial charge >= 0.3 is 0 Å². The van der Waals surface area contributed by atoms with Crippen LogP contribution < -0.4 is 0 Å². The number of carbonyl (C=O) groups is 1. The lowest BCUT2D eigenvalue weighted by Crippen LogP contribution is -2.27. The molecule has 3 aromatic rings. The minimum Gasteiger partial charge on any atom is -0.335 e. The zero-order valence-corrected chi connectivity index (χ0v) is 14.7. The van der Waals surface area contributed by atoms with Crippen LogP contribution in [0.25, 0.3) is 10.2 Å². The van der Waals surface area contributed by atoms with Gasteiger partial charge in [-0.15, -0.1) is 22.7 Å². The molecule has 23 heavy (non-hydrogen) atoms. The highest BCUT2D eigenvalue weighted by Crippen LogP contribution is 2.31. The van der Waals surface area contributed by atoms with Gasteiger partial charge in [-0.3, -0.25) is 4.79 Å². The number of aryl methyl sites for hydroxylation is 1. The molecule has 1 aliphatic rings. The van der Waals surface area contributed by atoms with Crippen molar-refractivity contribution in [3.05, 3.63) is 50.7 Å². The molecule has 3 nitrogen and oxygen atoms in total. The second-order valence-corrected chi connectivity index (χ2v) is 8.07. The van der Waals surface area contributed by atoms with Crippen LogP contribution in [0.3, 0.4) is 0 Å². The predicted molar refractivity (Wildman–Crippen MR) is 96.4 cm³/mol. The molecule has 1 amide bonds. The molecule has 0 unspecified atom stereocenters. The van der Waals surface area contributed by atoms with Crippen molar-refractivity contribution in [3.63, 3.8) is 0 Å². The molecule has 4 rings (SSSR count). The number of benzene rings is 1. The van der Waals surface area contributed by atoms with Crippen molar-refractivity contribution in [1.29, 1.82) is 0 Å². The SMILES string of the molecule is CN(Cc1nc2ccccc2s1)C(=O)c1csc2c1CCCC2. The zero-order valence-electron chi connectivity index (χ0n) is 13.0. The third-order valence-electron chi connectivity index (χ3n) is 4.35. The molecule has 2 aromatic heterocycles. The minimum absolute atomic E-state index is 0.128. The summed E-state index contributed by atoms with van der Waals surface area (Å²) >= 11 is 3.41. The Kier molecular flexibility index (Phi) is 3.91. The molecule has 1 aliphatic carbocycles. The lowest BCUT2D eigenvalue weighted by molar-refractivity contribution is 0.0784. The quantitative estimate of drug-likeness (QED) is 0.702. The fourth-order valence-corrected chi connectivity index (χ4v) is 5.28. The van der Waals surface area contributed by atoms with Crippen LogP contribution in [0.4, 0.5) is 0 Å². The van der Waals surface area contributed by atoms with Crippen LogP contribution in [0.1, 0.15) is 38.6 Å². The van der Waals surface area contributed by atoms with Gasteiger partial charge in [0.2, 0.25) is 0 Å². The molecule has 0 saturated heterocycles. The first-order valence-corrected chi connectivity index (χ1v) is 9.61. The minimum atomic E-state index is 0.128. The van der Waals surface area contributed by atoms with Crippen molar-refractivity contribution in [2.75, 3.05) is 7.05 Å². The summed E-state index contributed by atoms with van der Waals surface area (Å²) in [7, 11) is 1.88. The first-order chi connectivity index (χ1) is 11.2. The van der Waals surface area contributed by atoms with E-state index in [1.165, 1.54) is 28.0 Å². The van der Waals surface area contributed by atoms with E-state index in [0.717, 1.165) is 28.9 Å². The van der Waals surface area contributed by atoms with Crippen molar-refractivity contribution >= 4 is 38.8 Å². The van der Waals surface area contributed by atoms with Gasteiger partial charge in [0.1, 0.15) is 5.01 Å². The summed E-state index contributed by atoms with van der Waals surface area (Å²) in [5.41, 5.74) is 3.22. The molecule has 5 heteroatoms. The zero-order chi connectivity index (χ0) is 15.8. The smallest absolute Gasteiger partial charge is 0.255 e. The molecule has 118 valence electrons. The van der Waals surface area contributed by atoms with E-state index in [4.69, 9.17) is 0 Å². The van der Waals surface area contributed by atoms with Crippen LogP contribution in [0, 0.1) is 0 Å². The van der Waals surface area contributed by atoms with Crippen LogP contribution in [0.15, 0.2) is 29.6 Å². The summed E-state index contributed by atoms with van der Waals surface area (Å²) in [6.07, 6.45) is 4.64. The molecule has 0 radical (unpaired) electrons. The van der Waals surface area contributed by atoms with Gasteiger partial charge in [-0.05, 0) is 43.4 Å². The Bertz CT molecular complexity index is 832. The van der Waals surface area contributed by atoms with E-state index in [9.17, 15) is 4.79 Å². The number of amides is 1. The lowest BCUT2D eigenvalue weighted by Gasteiger charge is -2.18. The third-order valence-corrected chi connectivity index (χ3v) is 6.46. The van der Waals surface area contributed by atoms with Crippen molar-refractivity contribution in [3.8, 4) is 0 Å². The molecule has 1 aromatic carbocycles. The van der Waals surface area contributed by atoms with Gasteiger partial charge in [0.05, 0.1) is 22.3 Å². The van der Waals surface area contributed by atoms with Gasteiger partial charge < -0.3 is 4.90 Å². The fourth-order valence-electron chi connectivity index (χ4n) is 3.14. The number of fused-ring (bicyclic) bond motifs is 2. The van der Waals surface area contributed by atoms with E-state index in [-0.39, 0.29) is 5.91 Å². The maximum Gasteiger partial charge on any atom is 0.255 e. The standard InChI is InChI=1S/C18H18N2OS2/c1-20(10-17-19-14-7-3-5-9-16(14)23-17)18(21)13-11-22-15-8-4-2-6-12(13)15/h3,5,7,9,11H,2,4,6,8,10H2,1H3. The van der Waals surface area contributed by atoms with Gasteiger partial charge in [-0.25, -0.2) is 4.98 Å². The second kappa shape index (κ2) is 6.06. The molecule has 0 aliphatic heterocycles. The van der Waals surface area contributed by atoms with Gasteiger partial charge in [0.15, 0.2) is 0 Å². The summed E-state index contributed by atoms with van der Waals surface area (Å²) in [4.78, 5) is 20.6. The molecule has 2 heterocycles. The van der Waals surface area contributed by atoms with E-state index in [2.05, 4.69) is 11.1 Å². The molecular weight excluding hydrogens is 324 g/mol. The molecule has 0 spiro atoms. The average Bonchev–Trinajstić information content (AvgIpc) is 3.17. The van der Waals surface area contributed by atoms with E-state index >= 15 is 0 Å². The number of thiazole rings is 1. The molecule has 0 bridgehead atoms. The highest BCUT2D eigenvalue weighted by atomic mass is 32.1. The number of para-hydroxylation sites is 1. The van der Waals surface area contributed by atoms with Crippen LogP contribution in [0.2, 0.25) is 0 Å². The van der Waals surface area contributed by atoms with E-state index < -0.39 is 0 Å². The van der Waals surface area contributed by atoms with Crippen LogP contribution in [-0.4, -0.2) is 22.8 Å². The van der Waals surface area contributed by atoms with E-state index in [1.54, 1.807) is 27.6 Å². The lowest BCUT2D eigenvalue weighted by atomic mass is 9.95. The number of nitrogens with zero attached hydrogens (tertiary/aromatic N) is 2. The number of hydrogen-bond acceptors (Lipinski definition) is 4. The monoisotopic (exact) mass is 342 g/mol. The summed E-state index contributed by atoms with van der Waals surface area (Å²) < 4.78 is 1.18. The van der Waals surface area contributed by atoms with Crippen LogP contribution in [-0.2, 0) is 19.4 Å². The first-order valence-electron chi connectivity index (χ1n) is 7.91. The molecule has 0 saturated carbocycles. The normalized spacial score (nSPS) is 14.0. The van der Waals surface area contributed by atoms with Gasteiger partial charge in [-0.2, -0.15) is 0 Å². The van der Waals surface area contributed by atoms with Gasteiger partial charge in [0, 0.05) is 17.3 Å². The van der Waals surface area contributed by atoms with Crippen molar-refractivity contribution < 1.29 is 4.79 Å². The van der Waals surface area contributed by atoms with Crippen LogP contribution in [0.5, 0.6) is 0 Å². The maximum atomic E-state index is 12.8. The van der Waals surface area contributed by atoms with Gasteiger partial charge in [0.25, 0.3) is 5.91 Å². The second-order valence-electron chi connectivity index (χ2n) is 5.99. The largest absolute Gasteiger partial charge is 0.335 e. The molecule has 0 atom stereocenters. The predicted octanol–water partition coefficient (Wildman–Crippen LogP) is 4.51. The number of aromatic nitrogens is 1. The Morgan fingerprint density at radius 2 is 2.09 bits per heavy atom. The molecule has 0 fully saturated rings. The van der Waals surface area contributed by atoms with Crippen molar-refractivity contribution in [2.45, 2.75) is 32.2 Å². The van der Waals surface area contributed by atoms with E-state index in [0.29, 0.717) is 6.54 Å². The van der Waals surface area contributed by atoms with Crippen LogP contribution >= 0.6 is 22.7 Å². The average molecular weight is 342 g/mol. The molecule has 0 N–H and O–H groups in total. The Labute approximate surface area is 143 Å². The van der Waals surface area contributed by atoms with Crippen molar-refractivity contribution in [1.82, 2.24) is 9.88 Å². The first kappa shape index (κ1) is 14.8. The number of rotatable bonds is 3. The Balaban J connectivity index is 1.55.